The molecule has 7 nitrogen and oxygen atoms in total. The molecule has 1 heterocycles. The summed E-state index contributed by atoms with van der Waals surface area (Å²) in [5.41, 5.74) is 0.806. The summed E-state index contributed by atoms with van der Waals surface area (Å²) >= 11 is 0. The molecule has 0 radical (unpaired) electrons. The number of aliphatic hydroxyl groups is 1. The van der Waals surface area contributed by atoms with Crippen LogP contribution in [0.25, 0.3) is 10.8 Å². The van der Waals surface area contributed by atoms with Crippen LogP contribution in [0.4, 0.5) is 5.69 Å². The molecule has 0 saturated heterocycles. The molecular weight excluding hydrogens is 386 g/mol. The molecule has 0 bridgehead atoms. The second kappa shape index (κ2) is 7.61. The Morgan fingerprint density at radius 1 is 1.03 bits per heavy atom. The first-order valence-electron chi connectivity index (χ1n) is 9.50. The number of fused-ring (bicyclic) bond motifs is 2. The zero-order valence-electron chi connectivity index (χ0n) is 16.2. The number of amides is 2. The molecule has 0 aliphatic carbocycles. The summed E-state index contributed by atoms with van der Waals surface area (Å²) in [6, 6.07) is 14.1. The number of esters is 1. The van der Waals surface area contributed by atoms with Crippen LogP contribution in [-0.4, -0.2) is 40.7 Å². The molecular formula is C23H19NO6. The first-order valence-corrected chi connectivity index (χ1v) is 9.50. The van der Waals surface area contributed by atoms with Gasteiger partial charge in [-0.2, -0.15) is 0 Å². The Labute approximate surface area is 172 Å². The Balaban J connectivity index is 1.64. The molecule has 2 amide bonds. The Hall–Kier alpha value is -3.71. The maximum Gasteiger partial charge on any atom is 0.338 e. The lowest BCUT2D eigenvalue weighted by Crippen LogP contribution is -2.29. The summed E-state index contributed by atoms with van der Waals surface area (Å²) in [5.74, 6) is -1.60. The summed E-state index contributed by atoms with van der Waals surface area (Å²) in [6.45, 7) is 1.62. The highest BCUT2D eigenvalue weighted by atomic mass is 16.5. The predicted octanol–water partition coefficient (Wildman–Crippen LogP) is 3.27. The Kier molecular flexibility index (Phi) is 4.97. The number of anilines is 1. The maximum absolute atomic E-state index is 13.0. The molecule has 1 aliphatic rings. The topological polar surface area (TPSA) is 104 Å². The predicted molar refractivity (Wildman–Crippen MR) is 110 cm³/mol. The van der Waals surface area contributed by atoms with Crippen LogP contribution in [-0.2, 0) is 4.74 Å². The number of carbonyl (C=O) groups excluding carboxylic acids is 3. The van der Waals surface area contributed by atoms with Gasteiger partial charge in [-0.15, -0.1) is 0 Å². The summed E-state index contributed by atoms with van der Waals surface area (Å²) in [4.78, 5) is 39.1. The van der Waals surface area contributed by atoms with Gasteiger partial charge in [-0.05, 0) is 54.3 Å². The molecule has 0 fully saturated rings. The van der Waals surface area contributed by atoms with Crippen molar-refractivity contribution in [1.29, 1.82) is 0 Å². The van der Waals surface area contributed by atoms with E-state index < -0.39 is 23.9 Å². The fraction of sp³-hybridized carbons (Fsp3) is 0.174. The van der Waals surface area contributed by atoms with Crippen molar-refractivity contribution < 1.29 is 29.3 Å². The van der Waals surface area contributed by atoms with Gasteiger partial charge in [-0.25, -0.2) is 9.69 Å². The Morgan fingerprint density at radius 2 is 1.80 bits per heavy atom. The largest absolute Gasteiger partial charge is 0.507 e. The van der Waals surface area contributed by atoms with Gasteiger partial charge in [0.25, 0.3) is 11.8 Å². The highest BCUT2D eigenvalue weighted by Gasteiger charge is 2.37. The van der Waals surface area contributed by atoms with Crippen molar-refractivity contribution in [3.63, 3.8) is 0 Å². The number of ether oxygens (including phenoxy) is 1. The van der Waals surface area contributed by atoms with Crippen LogP contribution in [0.3, 0.4) is 0 Å². The smallest absolute Gasteiger partial charge is 0.338 e. The van der Waals surface area contributed by atoms with Crippen LogP contribution in [0.2, 0.25) is 0 Å². The Morgan fingerprint density at radius 3 is 2.57 bits per heavy atom. The monoisotopic (exact) mass is 405 g/mol. The zero-order valence-corrected chi connectivity index (χ0v) is 16.2. The van der Waals surface area contributed by atoms with Crippen molar-refractivity contribution >= 4 is 34.2 Å². The number of carbonyl (C=O) groups is 3. The number of imide groups is 1. The van der Waals surface area contributed by atoms with Gasteiger partial charge >= 0.3 is 5.97 Å². The highest BCUT2D eigenvalue weighted by Crippen LogP contribution is 2.33. The fourth-order valence-electron chi connectivity index (χ4n) is 3.37. The van der Waals surface area contributed by atoms with E-state index in [-0.39, 0.29) is 29.0 Å². The average molecular weight is 405 g/mol. The lowest BCUT2D eigenvalue weighted by molar-refractivity contribution is 0.0250. The molecule has 7 heteroatoms. The van der Waals surface area contributed by atoms with Gasteiger partial charge in [0.1, 0.15) is 12.4 Å². The van der Waals surface area contributed by atoms with Crippen molar-refractivity contribution in [2.75, 3.05) is 11.5 Å². The normalized spacial score (nSPS) is 14.1. The standard InChI is InChI=1S/C23H19NO6/c1-2-16(25)12-30-23(29)14-6-8-18-19(11-14)22(28)24(21(18)27)15-7-9-17-13(10-15)4-3-5-20(17)26/h3-11,16,25-26H,2,12H2,1H3. The number of phenolic OH excluding ortho intramolecular Hbond substituents is 1. The van der Waals surface area contributed by atoms with E-state index in [2.05, 4.69) is 0 Å². The first-order chi connectivity index (χ1) is 14.4. The molecule has 30 heavy (non-hydrogen) atoms. The lowest BCUT2D eigenvalue weighted by Gasteiger charge is -2.14. The molecule has 0 spiro atoms. The van der Waals surface area contributed by atoms with E-state index in [0.717, 1.165) is 4.90 Å². The van der Waals surface area contributed by atoms with E-state index >= 15 is 0 Å². The number of hydrogen-bond donors (Lipinski definition) is 2. The molecule has 3 aromatic rings. The highest BCUT2D eigenvalue weighted by molar-refractivity contribution is 6.35. The minimum atomic E-state index is -0.755. The van der Waals surface area contributed by atoms with Crippen LogP contribution in [0.5, 0.6) is 5.75 Å². The van der Waals surface area contributed by atoms with Crippen LogP contribution in [0, 0.1) is 0 Å². The third kappa shape index (κ3) is 3.29. The van der Waals surface area contributed by atoms with Crippen molar-refractivity contribution in [3.8, 4) is 5.75 Å². The lowest BCUT2D eigenvalue weighted by atomic mass is 10.1. The minimum Gasteiger partial charge on any atom is -0.507 e. The molecule has 1 aliphatic heterocycles. The van der Waals surface area contributed by atoms with Crippen molar-refractivity contribution in [3.05, 3.63) is 71.3 Å². The van der Waals surface area contributed by atoms with E-state index in [1.54, 1.807) is 43.3 Å². The van der Waals surface area contributed by atoms with Crippen molar-refractivity contribution in [2.45, 2.75) is 19.4 Å². The summed E-state index contributed by atoms with van der Waals surface area (Å²) in [5, 5.41) is 20.8. The van der Waals surface area contributed by atoms with Crippen LogP contribution in [0.15, 0.2) is 54.6 Å². The van der Waals surface area contributed by atoms with Gasteiger partial charge in [0.2, 0.25) is 0 Å². The number of hydrogen-bond acceptors (Lipinski definition) is 6. The molecule has 3 aromatic carbocycles. The molecule has 0 saturated carbocycles. The summed E-state index contributed by atoms with van der Waals surface area (Å²) < 4.78 is 5.05. The Bertz CT molecular complexity index is 1190. The van der Waals surface area contributed by atoms with Crippen molar-refractivity contribution in [1.82, 2.24) is 0 Å². The van der Waals surface area contributed by atoms with Gasteiger partial charge in [0, 0.05) is 5.39 Å². The minimum absolute atomic E-state index is 0.109. The van der Waals surface area contributed by atoms with Gasteiger partial charge in [-0.3, -0.25) is 9.59 Å². The second-order valence-electron chi connectivity index (χ2n) is 7.05. The molecule has 4 rings (SSSR count). The number of rotatable bonds is 5. The number of nitrogens with zero attached hydrogens (tertiary/aromatic N) is 1. The van der Waals surface area contributed by atoms with E-state index in [9.17, 15) is 24.6 Å². The number of aliphatic hydroxyl groups excluding tert-OH is 1. The average Bonchev–Trinajstić information content (AvgIpc) is 3.01. The van der Waals surface area contributed by atoms with Gasteiger partial charge < -0.3 is 14.9 Å². The first kappa shape index (κ1) is 19.6. The van der Waals surface area contributed by atoms with Crippen LogP contribution < -0.4 is 4.90 Å². The molecule has 152 valence electrons. The second-order valence-corrected chi connectivity index (χ2v) is 7.05. The maximum atomic E-state index is 13.0. The zero-order chi connectivity index (χ0) is 21.4. The van der Waals surface area contributed by atoms with E-state index in [1.165, 1.54) is 18.2 Å². The third-order valence-corrected chi connectivity index (χ3v) is 5.10. The molecule has 0 aromatic heterocycles. The SMILES string of the molecule is CCC(O)COC(=O)c1ccc2c(c1)C(=O)N(c1ccc3c(O)cccc3c1)C2=O. The fourth-order valence-corrected chi connectivity index (χ4v) is 3.37. The number of phenols is 1. The molecule has 1 unspecified atom stereocenters. The van der Waals surface area contributed by atoms with Gasteiger partial charge in [-0.1, -0.05) is 19.1 Å². The van der Waals surface area contributed by atoms with Gasteiger partial charge in [0.15, 0.2) is 0 Å². The summed E-state index contributed by atoms with van der Waals surface area (Å²) in [7, 11) is 0. The van der Waals surface area contributed by atoms with E-state index in [0.29, 0.717) is 22.9 Å². The molecule has 2 N–H and O–H groups in total. The van der Waals surface area contributed by atoms with E-state index in [4.69, 9.17) is 4.74 Å². The third-order valence-electron chi connectivity index (χ3n) is 5.10. The van der Waals surface area contributed by atoms with Crippen LogP contribution in [0.1, 0.15) is 44.4 Å². The quantitative estimate of drug-likeness (QED) is 0.499. The van der Waals surface area contributed by atoms with Crippen molar-refractivity contribution in [2.24, 2.45) is 0 Å². The number of benzene rings is 3. The molecule has 1 atom stereocenters. The van der Waals surface area contributed by atoms with Crippen LogP contribution >= 0.6 is 0 Å². The summed E-state index contributed by atoms with van der Waals surface area (Å²) in [6.07, 6.45) is -0.308. The number of aromatic hydroxyl groups is 1. The van der Waals surface area contributed by atoms with Gasteiger partial charge in [0.05, 0.1) is 28.5 Å². The van der Waals surface area contributed by atoms with E-state index in [1.807, 2.05) is 0 Å².